The van der Waals surface area contributed by atoms with Crippen LogP contribution in [-0.2, 0) is 7.05 Å². The van der Waals surface area contributed by atoms with E-state index < -0.39 is 11.2 Å². The minimum absolute atomic E-state index is 0.0440. The fourth-order valence-corrected chi connectivity index (χ4v) is 1.03. The highest BCUT2D eigenvalue weighted by molar-refractivity contribution is 5.94. The lowest BCUT2D eigenvalue weighted by Gasteiger charge is -2.05. The Morgan fingerprint density at radius 1 is 1.58 bits per heavy atom. The summed E-state index contributed by atoms with van der Waals surface area (Å²) < 4.78 is 1.42. The van der Waals surface area contributed by atoms with Crippen molar-refractivity contribution >= 4 is 5.78 Å². The molecule has 0 saturated carbocycles. The van der Waals surface area contributed by atoms with E-state index in [2.05, 4.69) is 0 Å². The summed E-state index contributed by atoms with van der Waals surface area (Å²) in [6, 6.07) is 1.21. The van der Waals surface area contributed by atoms with E-state index in [1.54, 1.807) is 7.05 Å². The zero-order chi connectivity index (χ0) is 9.30. The van der Waals surface area contributed by atoms with Gasteiger partial charge in [-0.05, 0) is 0 Å². The van der Waals surface area contributed by atoms with Gasteiger partial charge in [-0.25, -0.2) is 0 Å². The fraction of sp³-hybridized carbons (Fsp3) is 0.250. The predicted octanol–water partition coefficient (Wildman–Crippen LogP) is 0.293. The molecular formula is C8H9NO3. The van der Waals surface area contributed by atoms with Crippen molar-refractivity contribution in [1.82, 2.24) is 4.57 Å². The second-order valence-electron chi connectivity index (χ2n) is 2.54. The van der Waals surface area contributed by atoms with Gasteiger partial charge in [0.1, 0.15) is 5.69 Å². The van der Waals surface area contributed by atoms with E-state index in [1.165, 1.54) is 23.8 Å². The van der Waals surface area contributed by atoms with E-state index in [0.29, 0.717) is 0 Å². The molecule has 0 aromatic carbocycles. The Bertz CT molecular complexity index is 378. The Hall–Kier alpha value is -1.58. The van der Waals surface area contributed by atoms with E-state index in [-0.39, 0.29) is 11.5 Å². The van der Waals surface area contributed by atoms with Gasteiger partial charge in [-0.3, -0.25) is 9.59 Å². The molecule has 1 heterocycles. The van der Waals surface area contributed by atoms with Gasteiger partial charge in [-0.2, -0.15) is 0 Å². The zero-order valence-corrected chi connectivity index (χ0v) is 6.87. The Morgan fingerprint density at radius 3 is 2.58 bits per heavy atom. The van der Waals surface area contributed by atoms with E-state index in [1.807, 2.05) is 0 Å². The van der Waals surface area contributed by atoms with Crippen LogP contribution in [0.1, 0.15) is 17.4 Å². The molecule has 0 radical (unpaired) electrons. The number of Topliss-reactive ketones (excluding diaryl/α,β-unsaturated/α-hetero) is 1. The van der Waals surface area contributed by atoms with E-state index in [0.717, 1.165) is 0 Å². The highest BCUT2D eigenvalue weighted by Gasteiger charge is 2.11. The number of pyridine rings is 1. The third-order valence-electron chi connectivity index (χ3n) is 1.59. The Balaban J connectivity index is 3.54. The van der Waals surface area contributed by atoms with Crippen molar-refractivity contribution in [2.75, 3.05) is 0 Å². The van der Waals surface area contributed by atoms with E-state index in [4.69, 9.17) is 0 Å². The third kappa shape index (κ3) is 1.23. The molecule has 1 rings (SSSR count). The number of carbonyl (C=O) groups is 1. The lowest BCUT2D eigenvalue weighted by molar-refractivity contribution is 0.100. The van der Waals surface area contributed by atoms with Gasteiger partial charge in [0.05, 0.1) is 0 Å². The predicted molar refractivity (Wildman–Crippen MR) is 43.4 cm³/mol. The summed E-state index contributed by atoms with van der Waals surface area (Å²) in [5, 5.41) is 9.19. The van der Waals surface area contributed by atoms with Crippen LogP contribution >= 0.6 is 0 Å². The second-order valence-corrected chi connectivity index (χ2v) is 2.54. The van der Waals surface area contributed by atoms with Gasteiger partial charge in [0.15, 0.2) is 11.5 Å². The molecule has 0 unspecified atom stereocenters. The van der Waals surface area contributed by atoms with Crippen LogP contribution in [0.3, 0.4) is 0 Å². The van der Waals surface area contributed by atoms with Gasteiger partial charge in [0.25, 0.3) is 0 Å². The number of hydrogen-bond acceptors (Lipinski definition) is 3. The first-order valence-electron chi connectivity index (χ1n) is 3.43. The first-order valence-corrected chi connectivity index (χ1v) is 3.43. The SMILES string of the molecule is CC(=O)c1c(O)c(=O)ccn1C. The molecule has 0 atom stereocenters. The van der Waals surface area contributed by atoms with Gasteiger partial charge < -0.3 is 9.67 Å². The van der Waals surface area contributed by atoms with Crippen LogP contribution in [0.25, 0.3) is 0 Å². The smallest absolute Gasteiger partial charge is 0.223 e. The Kier molecular flexibility index (Phi) is 1.99. The van der Waals surface area contributed by atoms with Crippen molar-refractivity contribution in [1.29, 1.82) is 0 Å². The van der Waals surface area contributed by atoms with Crippen LogP contribution < -0.4 is 5.43 Å². The summed E-state index contributed by atoms with van der Waals surface area (Å²) in [6.45, 7) is 1.30. The number of nitrogens with zero attached hydrogens (tertiary/aromatic N) is 1. The van der Waals surface area contributed by atoms with Crippen molar-refractivity contribution in [3.05, 3.63) is 28.2 Å². The highest BCUT2D eigenvalue weighted by atomic mass is 16.3. The zero-order valence-electron chi connectivity index (χ0n) is 6.87. The van der Waals surface area contributed by atoms with Gasteiger partial charge in [-0.15, -0.1) is 0 Å². The molecule has 12 heavy (non-hydrogen) atoms. The van der Waals surface area contributed by atoms with Crippen LogP contribution in [-0.4, -0.2) is 15.5 Å². The standard InChI is InChI=1S/C8H9NO3/c1-5(10)7-8(12)6(11)3-4-9(7)2/h3-4,12H,1-2H3. The van der Waals surface area contributed by atoms with Crippen LogP contribution in [0.5, 0.6) is 5.75 Å². The normalized spacial score (nSPS) is 9.83. The molecule has 4 nitrogen and oxygen atoms in total. The molecule has 0 aliphatic rings. The first kappa shape index (κ1) is 8.52. The summed E-state index contributed by atoms with van der Waals surface area (Å²) in [4.78, 5) is 21.8. The summed E-state index contributed by atoms with van der Waals surface area (Å²) in [6.07, 6.45) is 1.44. The van der Waals surface area contributed by atoms with Crippen molar-refractivity contribution < 1.29 is 9.90 Å². The van der Waals surface area contributed by atoms with Gasteiger partial charge in [0, 0.05) is 26.2 Å². The lowest BCUT2D eigenvalue weighted by atomic mass is 10.2. The molecule has 0 spiro atoms. The number of aromatic hydroxyl groups is 1. The molecule has 4 heteroatoms. The molecule has 0 bridgehead atoms. The average molecular weight is 167 g/mol. The van der Waals surface area contributed by atoms with Gasteiger partial charge in [-0.1, -0.05) is 0 Å². The van der Waals surface area contributed by atoms with Crippen molar-refractivity contribution in [2.24, 2.45) is 7.05 Å². The number of carbonyl (C=O) groups excluding carboxylic acids is 1. The highest BCUT2D eigenvalue weighted by Crippen LogP contribution is 2.09. The maximum absolute atomic E-state index is 10.9. The molecule has 0 aliphatic carbocycles. The molecule has 1 aromatic heterocycles. The monoisotopic (exact) mass is 167 g/mol. The van der Waals surface area contributed by atoms with Crippen LogP contribution in [0, 0.1) is 0 Å². The number of rotatable bonds is 1. The van der Waals surface area contributed by atoms with Gasteiger partial charge >= 0.3 is 0 Å². The quantitative estimate of drug-likeness (QED) is 0.612. The second kappa shape index (κ2) is 2.81. The van der Waals surface area contributed by atoms with Crippen LogP contribution in [0.15, 0.2) is 17.1 Å². The Morgan fingerprint density at radius 2 is 2.17 bits per heavy atom. The molecule has 1 aromatic rings. The molecule has 64 valence electrons. The lowest BCUT2D eigenvalue weighted by Crippen LogP contribution is -2.12. The maximum atomic E-state index is 10.9. The van der Waals surface area contributed by atoms with Crippen LogP contribution in [0.2, 0.25) is 0 Å². The first-order chi connectivity index (χ1) is 5.54. The molecule has 0 amide bonds. The summed E-state index contributed by atoms with van der Waals surface area (Å²) in [5.41, 5.74) is -0.485. The van der Waals surface area contributed by atoms with Crippen molar-refractivity contribution in [2.45, 2.75) is 6.92 Å². The largest absolute Gasteiger partial charge is 0.503 e. The topological polar surface area (TPSA) is 59.3 Å². The Labute approximate surface area is 69.1 Å². The number of aromatic nitrogens is 1. The number of aryl methyl sites for hydroxylation is 1. The summed E-state index contributed by atoms with van der Waals surface area (Å²) >= 11 is 0. The average Bonchev–Trinajstić information content (AvgIpc) is 1.97. The molecule has 0 fully saturated rings. The third-order valence-corrected chi connectivity index (χ3v) is 1.59. The maximum Gasteiger partial charge on any atom is 0.223 e. The minimum atomic E-state index is -0.529. The minimum Gasteiger partial charge on any atom is -0.503 e. The van der Waals surface area contributed by atoms with E-state index >= 15 is 0 Å². The molecule has 0 saturated heterocycles. The summed E-state index contributed by atoms with van der Waals surface area (Å²) in [5.74, 6) is -0.805. The number of ketones is 1. The fourth-order valence-electron chi connectivity index (χ4n) is 1.03. The van der Waals surface area contributed by atoms with Crippen LogP contribution in [0.4, 0.5) is 0 Å². The van der Waals surface area contributed by atoms with Gasteiger partial charge in [0.2, 0.25) is 5.43 Å². The van der Waals surface area contributed by atoms with Crippen molar-refractivity contribution in [3.8, 4) is 5.75 Å². The molecule has 0 aliphatic heterocycles. The molecular weight excluding hydrogens is 158 g/mol. The number of hydrogen-bond donors (Lipinski definition) is 1. The van der Waals surface area contributed by atoms with E-state index in [9.17, 15) is 14.7 Å². The summed E-state index contributed by atoms with van der Waals surface area (Å²) in [7, 11) is 1.59. The van der Waals surface area contributed by atoms with Crippen molar-refractivity contribution in [3.63, 3.8) is 0 Å². The molecule has 1 N–H and O–H groups in total.